The summed E-state index contributed by atoms with van der Waals surface area (Å²) in [4.78, 5) is 59.1. The molecule has 1 unspecified atom stereocenters. The molecule has 0 aliphatic carbocycles. The minimum atomic E-state index is -1.12. The Balaban J connectivity index is 2.47. The standard InChI is InChI=1S/C16H25N3O9/c1-2-27-13(22)8-19(7-12(20)21)6-4-17-11(16(25)26)3-5-18-9-14(23)28-15(24)10-18/h11,17H,2-10H2,1H3,(H,20,21)(H,25,26). The van der Waals surface area contributed by atoms with Gasteiger partial charge in [0.05, 0.1) is 32.8 Å². The van der Waals surface area contributed by atoms with E-state index in [1.165, 1.54) is 9.80 Å². The van der Waals surface area contributed by atoms with Crippen molar-refractivity contribution < 1.29 is 43.7 Å². The van der Waals surface area contributed by atoms with Crippen LogP contribution in [-0.2, 0) is 33.4 Å². The lowest BCUT2D eigenvalue weighted by atomic mass is 10.2. The Labute approximate surface area is 161 Å². The van der Waals surface area contributed by atoms with Crippen LogP contribution >= 0.6 is 0 Å². The van der Waals surface area contributed by atoms with E-state index >= 15 is 0 Å². The number of carbonyl (C=O) groups is 5. The number of cyclic esters (lactones) is 2. The fourth-order valence-electron chi connectivity index (χ4n) is 2.59. The van der Waals surface area contributed by atoms with Crippen molar-refractivity contribution in [2.24, 2.45) is 0 Å². The number of morpholine rings is 1. The van der Waals surface area contributed by atoms with E-state index in [1.54, 1.807) is 6.92 Å². The molecule has 158 valence electrons. The summed E-state index contributed by atoms with van der Waals surface area (Å²) in [7, 11) is 0. The summed E-state index contributed by atoms with van der Waals surface area (Å²) in [5.74, 6) is -4.18. The number of hydrogen-bond acceptors (Lipinski definition) is 10. The van der Waals surface area contributed by atoms with Crippen LogP contribution in [0, 0.1) is 0 Å². The number of carboxylic acids is 2. The van der Waals surface area contributed by atoms with Gasteiger partial charge in [0.1, 0.15) is 6.04 Å². The summed E-state index contributed by atoms with van der Waals surface area (Å²) >= 11 is 0. The maximum atomic E-state index is 11.5. The fraction of sp³-hybridized carbons (Fsp3) is 0.688. The van der Waals surface area contributed by atoms with Gasteiger partial charge in [0.2, 0.25) is 0 Å². The van der Waals surface area contributed by atoms with Crippen molar-refractivity contribution in [3.8, 4) is 0 Å². The molecule has 12 heteroatoms. The average molecular weight is 403 g/mol. The first-order valence-corrected chi connectivity index (χ1v) is 8.73. The van der Waals surface area contributed by atoms with Crippen LogP contribution in [0.15, 0.2) is 0 Å². The first kappa shape index (κ1) is 23.5. The van der Waals surface area contributed by atoms with Gasteiger partial charge in [0, 0.05) is 19.6 Å². The van der Waals surface area contributed by atoms with Crippen LogP contribution in [0.4, 0.5) is 0 Å². The Morgan fingerprint density at radius 3 is 2.39 bits per heavy atom. The molecule has 3 N–H and O–H groups in total. The van der Waals surface area contributed by atoms with Crippen molar-refractivity contribution in [2.45, 2.75) is 19.4 Å². The SMILES string of the molecule is CCOC(=O)CN(CCNC(CCN1CC(=O)OC(=O)C1)C(=O)O)CC(=O)O. The normalized spacial score (nSPS) is 15.9. The molecule has 0 bridgehead atoms. The topological polar surface area (TPSA) is 163 Å². The van der Waals surface area contributed by atoms with Gasteiger partial charge in [-0.25, -0.2) is 0 Å². The molecule has 1 rings (SSSR count). The second-order valence-electron chi connectivity index (χ2n) is 6.10. The van der Waals surface area contributed by atoms with Crippen LogP contribution in [0.5, 0.6) is 0 Å². The van der Waals surface area contributed by atoms with E-state index in [0.29, 0.717) is 0 Å². The average Bonchev–Trinajstić information content (AvgIpc) is 2.56. The monoisotopic (exact) mass is 403 g/mol. The number of rotatable bonds is 13. The third-order valence-corrected chi connectivity index (χ3v) is 3.80. The van der Waals surface area contributed by atoms with Gasteiger partial charge in [-0.3, -0.25) is 33.8 Å². The third kappa shape index (κ3) is 9.39. The highest BCUT2D eigenvalue weighted by molar-refractivity contribution is 5.90. The number of esters is 3. The van der Waals surface area contributed by atoms with E-state index in [0.717, 1.165) is 0 Å². The number of carbonyl (C=O) groups excluding carboxylic acids is 3. The van der Waals surface area contributed by atoms with Crippen molar-refractivity contribution in [2.75, 3.05) is 52.4 Å². The van der Waals surface area contributed by atoms with Crippen molar-refractivity contribution in [3.05, 3.63) is 0 Å². The van der Waals surface area contributed by atoms with E-state index in [1.807, 2.05) is 0 Å². The number of ether oxygens (including phenoxy) is 2. The van der Waals surface area contributed by atoms with Crippen molar-refractivity contribution in [3.63, 3.8) is 0 Å². The molecule has 1 atom stereocenters. The summed E-state index contributed by atoms with van der Waals surface area (Å²) in [5, 5.41) is 21.0. The Hall–Kier alpha value is -2.57. The minimum absolute atomic E-state index is 0.0932. The summed E-state index contributed by atoms with van der Waals surface area (Å²) in [6.07, 6.45) is 0.118. The molecular formula is C16H25N3O9. The third-order valence-electron chi connectivity index (χ3n) is 3.80. The number of nitrogens with one attached hydrogen (secondary N) is 1. The highest BCUT2D eigenvalue weighted by Gasteiger charge is 2.26. The minimum Gasteiger partial charge on any atom is -0.480 e. The van der Waals surface area contributed by atoms with E-state index in [9.17, 15) is 29.1 Å². The molecule has 1 fully saturated rings. The lowest BCUT2D eigenvalue weighted by Gasteiger charge is -2.26. The molecule has 12 nitrogen and oxygen atoms in total. The second-order valence-corrected chi connectivity index (χ2v) is 6.10. The second kappa shape index (κ2) is 12.0. The van der Waals surface area contributed by atoms with Crippen molar-refractivity contribution >= 4 is 29.8 Å². The Morgan fingerprint density at radius 2 is 1.86 bits per heavy atom. The van der Waals surface area contributed by atoms with Crippen LogP contribution in [0.2, 0.25) is 0 Å². The Bertz CT molecular complexity index is 580. The molecule has 0 amide bonds. The maximum absolute atomic E-state index is 11.5. The van der Waals surface area contributed by atoms with Gasteiger partial charge in [0.25, 0.3) is 0 Å². The van der Waals surface area contributed by atoms with E-state index in [4.69, 9.17) is 9.84 Å². The molecule has 1 heterocycles. The predicted octanol–water partition coefficient (Wildman–Crippen LogP) is -2.25. The van der Waals surface area contributed by atoms with Crippen molar-refractivity contribution in [1.29, 1.82) is 0 Å². The molecule has 0 aromatic rings. The molecule has 0 aromatic carbocycles. The molecule has 1 saturated heterocycles. The molecule has 0 aromatic heterocycles. The lowest BCUT2D eigenvalue weighted by molar-refractivity contribution is -0.166. The smallest absolute Gasteiger partial charge is 0.327 e. The Morgan fingerprint density at radius 1 is 1.21 bits per heavy atom. The van der Waals surface area contributed by atoms with Crippen LogP contribution in [0.3, 0.4) is 0 Å². The first-order chi connectivity index (χ1) is 13.2. The summed E-state index contributed by atoms with van der Waals surface area (Å²) < 4.78 is 9.18. The van der Waals surface area contributed by atoms with Gasteiger partial charge >= 0.3 is 29.8 Å². The maximum Gasteiger partial charge on any atom is 0.327 e. The van der Waals surface area contributed by atoms with E-state index < -0.39 is 42.4 Å². The van der Waals surface area contributed by atoms with Crippen LogP contribution in [-0.4, -0.2) is 108 Å². The van der Waals surface area contributed by atoms with Crippen LogP contribution in [0.25, 0.3) is 0 Å². The number of aliphatic carboxylic acids is 2. The lowest BCUT2D eigenvalue weighted by Crippen LogP contribution is -2.47. The summed E-state index contributed by atoms with van der Waals surface area (Å²) in [6, 6.07) is -0.970. The van der Waals surface area contributed by atoms with Gasteiger partial charge in [-0.05, 0) is 13.3 Å². The molecule has 1 aliphatic heterocycles. The molecule has 0 spiro atoms. The number of hydrogen-bond donors (Lipinski definition) is 3. The quantitative estimate of drug-likeness (QED) is 0.224. The molecular weight excluding hydrogens is 378 g/mol. The number of nitrogens with zero attached hydrogens (tertiary/aromatic N) is 2. The van der Waals surface area contributed by atoms with Crippen LogP contribution < -0.4 is 5.32 Å². The molecule has 0 radical (unpaired) electrons. The zero-order chi connectivity index (χ0) is 21.1. The zero-order valence-electron chi connectivity index (χ0n) is 15.6. The largest absolute Gasteiger partial charge is 0.480 e. The van der Waals surface area contributed by atoms with E-state index in [2.05, 4.69) is 10.1 Å². The summed E-state index contributed by atoms with van der Waals surface area (Å²) in [5.41, 5.74) is 0. The first-order valence-electron chi connectivity index (χ1n) is 8.73. The zero-order valence-corrected chi connectivity index (χ0v) is 15.6. The van der Waals surface area contributed by atoms with Crippen LogP contribution in [0.1, 0.15) is 13.3 Å². The molecule has 0 saturated carbocycles. The predicted molar refractivity (Wildman–Crippen MR) is 92.3 cm³/mol. The van der Waals surface area contributed by atoms with E-state index in [-0.39, 0.29) is 52.3 Å². The van der Waals surface area contributed by atoms with Gasteiger partial charge in [0.15, 0.2) is 0 Å². The Kier molecular flexibility index (Phi) is 10.1. The van der Waals surface area contributed by atoms with Gasteiger partial charge in [-0.2, -0.15) is 0 Å². The summed E-state index contributed by atoms with van der Waals surface area (Å²) in [6.45, 7) is 1.42. The van der Waals surface area contributed by atoms with Gasteiger partial charge < -0.3 is 25.0 Å². The van der Waals surface area contributed by atoms with Gasteiger partial charge in [-0.15, -0.1) is 0 Å². The molecule has 1 aliphatic rings. The highest BCUT2D eigenvalue weighted by atomic mass is 16.6. The highest BCUT2D eigenvalue weighted by Crippen LogP contribution is 2.03. The van der Waals surface area contributed by atoms with Gasteiger partial charge in [-0.1, -0.05) is 0 Å². The fourth-order valence-corrected chi connectivity index (χ4v) is 2.59. The molecule has 28 heavy (non-hydrogen) atoms. The number of carboxylic acid groups (broad SMARTS) is 2. The van der Waals surface area contributed by atoms with Crippen molar-refractivity contribution in [1.82, 2.24) is 15.1 Å².